The second kappa shape index (κ2) is 6.24. The maximum atomic E-state index is 4.79. The van der Waals surface area contributed by atoms with E-state index in [4.69, 9.17) is 4.99 Å². The summed E-state index contributed by atoms with van der Waals surface area (Å²) in [7, 11) is 0. The number of aliphatic imine (C=N–C) groups is 1. The van der Waals surface area contributed by atoms with Gasteiger partial charge in [-0.15, -0.1) is 0 Å². The van der Waals surface area contributed by atoms with Crippen LogP contribution in [-0.2, 0) is 0 Å². The Labute approximate surface area is 133 Å². The third-order valence-corrected chi connectivity index (χ3v) is 5.55. The van der Waals surface area contributed by atoms with Gasteiger partial charge in [0.1, 0.15) is 0 Å². The molecule has 0 aromatic heterocycles. The molecule has 22 heavy (non-hydrogen) atoms. The third-order valence-electron chi connectivity index (χ3n) is 5.55. The average molecular weight is 291 g/mol. The number of nitrogens with zero attached hydrogens (tertiary/aromatic N) is 1. The molecule has 1 heterocycles. The van der Waals surface area contributed by atoms with Crippen molar-refractivity contribution in [3.63, 3.8) is 0 Å². The van der Waals surface area contributed by atoms with Crippen molar-refractivity contribution in [3.8, 4) is 0 Å². The molecule has 1 aliphatic heterocycles. The molecule has 0 aromatic rings. The van der Waals surface area contributed by atoms with Gasteiger partial charge in [-0.05, 0) is 41.9 Å². The first kappa shape index (κ1) is 14.0. The quantitative estimate of drug-likeness (QED) is 0.631. The van der Waals surface area contributed by atoms with E-state index < -0.39 is 0 Å². The summed E-state index contributed by atoms with van der Waals surface area (Å²) in [6.07, 6.45) is 26.6. The lowest BCUT2D eigenvalue weighted by Gasteiger charge is -2.24. The molecular formula is C21H25N. The Morgan fingerprint density at radius 2 is 2.05 bits per heavy atom. The first-order valence-electron chi connectivity index (χ1n) is 8.94. The lowest BCUT2D eigenvalue weighted by atomic mass is 9.80. The van der Waals surface area contributed by atoms with Gasteiger partial charge in [0.15, 0.2) is 0 Å². The van der Waals surface area contributed by atoms with Gasteiger partial charge in [-0.2, -0.15) is 0 Å². The molecule has 4 rings (SSSR count). The standard InChI is InChI=1S/C21H25N/c1-2-7-16(8-3-1)13-14-18-11-6-12-19-20(15-22-21(18)19)17-9-4-5-10-17/h4,6,9-12,15-16,19H,1-3,5,7-8,13-14H2. The lowest BCUT2D eigenvalue weighted by molar-refractivity contribution is 0.340. The Kier molecular flexibility index (Phi) is 3.97. The summed E-state index contributed by atoms with van der Waals surface area (Å²) < 4.78 is 0. The molecule has 0 radical (unpaired) electrons. The predicted molar refractivity (Wildman–Crippen MR) is 93.9 cm³/mol. The SMILES string of the molecule is C1=CC2C(C3=CCC=C3)=CN=C2C(CCC2CCCCC2)=C1. The number of hydrogen-bond donors (Lipinski definition) is 0. The maximum absolute atomic E-state index is 4.79. The van der Waals surface area contributed by atoms with Crippen LogP contribution in [-0.4, -0.2) is 5.71 Å². The van der Waals surface area contributed by atoms with E-state index in [1.165, 1.54) is 67.4 Å². The maximum Gasteiger partial charge on any atom is 0.0549 e. The molecule has 0 bridgehead atoms. The van der Waals surface area contributed by atoms with E-state index in [-0.39, 0.29) is 0 Å². The highest BCUT2D eigenvalue weighted by atomic mass is 14.8. The zero-order valence-corrected chi connectivity index (χ0v) is 13.3. The summed E-state index contributed by atoms with van der Waals surface area (Å²) in [6, 6.07) is 0. The average Bonchev–Trinajstić information content (AvgIpc) is 3.22. The Bertz CT molecular complexity index is 618. The van der Waals surface area contributed by atoms with Gasteiger partial charge in [-0.25, -0.2) is 0 Å². The van der Waals surface area contributed by atoms with Crippen LogP contribution in [0.2, 0.25) is 0 Å². The Morgan fingerprint density at radius 3 is 2.86 bits per heavy atom. The number of rotatable bonds is 4. The molecule has 0 N–H and O–H groups in total. The van der Waals surface area contributed by atoms with Gasteiger partial charge in [-0.3, -0.25) is 4.99 Å². The largest absolute Gasteiger partial charge is 0.260 e. The van der Waals surface area contributed by atoms with E-state index in [2.05, 4.69) is 42.7 Å². The van der Waals surface area contributed by atoms with Gasteiger partial charge in [0.05, 0.1) is 5.71 Å². The lowest BCUT2D eigenvalue weighted by Crippen LogP contribution is -2.18. The van der Waals surface area contributed by atoms with Gasteiger partial charge in [0.25, 0.3) is 0 Å². The van der Waals surface area contributed by atoms with Gasteiger partial charge in [0.2, 0.25) is 0 Å². The summed E-state index contributed by atoms with van der Waals surface area (Å²) in [5, 5.41) is 0. The highest BCUT2D eigenvalue weighted by Gasteiger charge is 2.29. The molecule has 1 saturated carbocycles. The fourth-order valence-corrected chi connectivity index (χ4v) is 4.27. The Hall–Kier alpha value is -1.63. The molecule has 1 fully saturated rings. The van der Waals surface area contributed by atoms with Crippen LogP contribution < -0.4 is 0 Å². The fraction of sp³-hybridized carbons (Fsp3) is 0.476. The summed E-state index contributed by atoms with van der Waals surface area (Å²) >= 11 is 0. The number of hydrogen-bond acceptors (Lipinski definition) is 1. The molecule has 0 spiro atoms. The van der Waals surface area contributed by atoms with Crippen LogP contribution in [0, 0.1) is 11.8 Å². The number of fused-ring (bicyclic) bond motifs is 1. The second-order valence-electron chi connectivity index (χ2n) is 6.99. The van der Waals surface area contributed by atoms with Crippen LogP contribution in [0.15, 0.2) is 64.4 Å². The monoisotopic (exact) mass is 291 g/mol. The van der Waals surface area contributed by atoms with Crippen LogP contribution in [0.25, 0.3) is 0 Å². The van der Waals surface area contributed by atoms with Crippen LogP contribution in [0.4, 0.5) is 0 Å². The van der Waals surface area contributed by atoms with Crippen molar-refractivity contribution >= 4 is 5.71 Å². The van der Waals surface area contributed by atoms with Crippen LogP contribution in [0.3, 0.4) is 0 Å². The molecule has 114 valence electrons. The molecule has 0 aromatic carbocycles. The van der Waals surface area contributed by atoms with E-state index in [0.29, 0.717) is 5.92 Å². The molecule has 1 heteroatoms. The first-order valence-corrected chi connectivity index (χ1v) is 8.94. The van der Waals surface area contributed by atoms with Crippen molar-refractivity contribution < 1.29 is 0 Å². The minimum atomic E-state index is 0.403. The van der Waals surface area contributed by atoms with E-state index in [1.54, 1.807) is 0 Å². The summed E-state index contributed by atoms with van der Waals surface area (Å²) in [5.74, 6) is 1.36. The van der Waals surface area contributed by atoms with Crippen molar-refractivity contribution in [1.29, 1.82) is 0 Å². The topological polar surface area (TPSA) is 12.4 Å². The summed E-state index contributed by atoms with van der Waals surface area (Å²) in [5.41, 5.74) is 5.56. The molecule has 4 aliphatic rings. The summed E-state index contributed by atoms with van der Waals surface area (Å²) in [4.78, 5) is 4.79. The molecule has 1 unspecified atom stereocenters. The van der Waals surface area contributed by atoms with Crippen molar-refractivity contribution in [2.45, 2.75) is 51.4 Å². The first-order chi connectivity index (χ1) is 10.9. The molecule has 1 nitrogen and oxygen atoms in total. The predicted octanol–water partition coefficient (Wildman–Crippen LogP) is 5.68. The minimum absolute atomic E-state index is 0.403. The van der Waals surface area contributed by atoms with Crippen molar-refractivity contribution in [2.75, 3.05) is 0 Å². The highest BCUT2D eigenvalue weighted by molar-refractivity contribution is 6.08. The molecule has 1 atom stereocenters. The van der Waals surface area contributed by atoms with Gasteiger partial charge in [0, 0.05) is 12.1 Å². The number of allylic oxidation sites excluding steroid dienone is 9. The van der Waals surface area contributed by atoms with Crippen LogP contribution >= 0.6 is 0 Å². The van der Waals surface area contributed by atoms with E-state index in [9.17, 15) is 0 Å². The normalized spacial score (nSPS) is 27.4. The fourth-order valence-electron chi connectivity index (χ4n) is 4.27. The van der Waals surface area contributed by atoms with E-state index >= 15 is 0 Å². The van der Waals surface area contributed by atoms with Gasteiger partial charge < -0.3 is 0 Å². The highest BCUT2D eigenvalue weighted by Crippen LogP contribution is 2.37. The second-order valence-corrected chi connectivity index (χ2v) is 6.99. The Balaban J connectivity index is 1.42. The van der Waals surface area contributed by atoms with Gasteiger partial charge in [-0.1, -0.05) is 68.6 Å². The van der Waals surface area contributed by atoms with Crippen LogP contribution in [0.5, 0.6) is 0 Å². The minimum Gasteiger partial charge on any atom is -0.260 e. The van der Waals surface area contributed by atoms with E-state index in [1.807, 2.05) is 0 Å². The molecule has 0 amide bonds. The van der Waals surface area contributed by atoms with Crippen LogP contribution in [0.1, 0.15) is 51.4 Å². The van der Waals surface area contributed by atoms with Crippen molar-refractivity contribution in [3.05, 3.63) is 59.4 Å². The van der Waals surface area contributed by atoms with Crippen molar-refractivity contribution in [1.82, 2.24) is 0 Å². The molecule has 3 aliphatic carbocycles. The molecular weight excluding hydrogens is 266 g/mol. The third kappa shape index (κ3) is 2.69. The zero-order chi connectivity index (χ0) is 14.8. The Morgan fingerprint density at radius 1 is 1.14 bits per heavy atom. The van der Waals surface area contributed by atoms with E-state index in [0.717, 1.165) is 12.3 Å². The smallest absolute Gasteiger partial charge is 0.0549 e. The molecule has 0 saturated heterocycles. The van der Waals surface area contributed by atoms with Gasteiger partial charge >= 0.3 is 0 Å². The van der Waals surface area contributed by atoms with Crippen molar-refractivity contribution in [2.24, 2.45) is 16.8 Å². The zero-order valence-electron chi connectivity index (χ0n) is 13.3. The summed E-state index contributed by atoms with van der Waals surface area (Å²) in [6.45, 7) is 0.